The summed E-state index contributed by atoms with van der Waals surface area (Å²) >= 11 is 0. The van der Waals surface area contributed by atoms with Crippen molar-refractivity contribution < 1.29 is 24.4 Å². The molecule has 8 heteroatoms. The summed E-state index contributed by atoms with van der Waals surface area (Å²) in [6, 6.07) is 63.9. The van der Waals surface area contributed by atoms with Crippen molar-refractivity contribution in [3.63, 3.8) is 0 Å². The Hall–Kier alpha value is -8.58. The fourth-order valence-corrected chi connectivity index (χ4v) is 9.85. The van der Waals surface area contributed by atoms with E-state index in [0.29, 0.717) is 39.4 Å². The zero-order valence-corrected chi connectivity index (χ0v) is 39.4. The summed E-state index contributed by atoms with van der Waals surface area (Å²) in [7, 11) is 0. The van der Waals surface area contributed by atoms with Gasteiger partial charge >= 0.3 is 19.5 Å². The molecule has 2 aliphatic rings. The van der Waals surface area contributed by atoms with Gasteiger partial charge in [0, 0.05) is 6.07 Å². The number of aromatic nitrogens is 4. The monoisotopic (exact) mass is 921 g/mol. The van der Waals surface area contributed by atoms with Crippen LogP contribution in [0.2, 0.25) is 0 Å². The standard InChI is InChI=1S/C60H35N5O2.Zn/c66-65(67)55-35-54-58(46-23-19-38-11-3-7-15-42(38)33-46)52-28-27-50(62-52)56(44-21-17-36-9-1-5-13-40(36)31-44)48-25-26-49(61-48)57(45-22-18-37-10-2-6-14-41(37)32-45)51-29-30-53(63-51)59(60(55)64-54)47-24-20-39-12-4-8-16-43(39)34-47;/h1-35H;/q-2;+2. The summed E-state index contributed by atoms with van der Waals surface area (Å²) in [5.74, 6) is 0. The topological polar surface area (TPSA) is 97.1 Å². The SMILES string of the molecule is O=[N+]([O-])c1cc2[n-]c1c(-c1ccc3ccccc3c1)c1nc(c(-c3ccc4ccccc4c3)c3ccc([n-]3)c(-c3ccc4ccccc4c3)c3nc(c2-c2ccc4ccccc4c2)C=C3)C=C1.[Zn+2]. The van der Waals surface area contributed by atoms with Crippen LogP contribution in [0.3, 0.4) is 0 Å². The first kappa shape index (κ1) is 40.9. The molecule has 0 unspecified atom stereocenters. The van der Waals surface area contributed by atoms with Crippen LogP contribution in [0.15, 0.2) is 188 Å². The Kier molecular flexibility index (Phi) is 9.86. The molecule has 8 aromatic carbocycles. The number of hydrogen-bond donors (Lipinski definition) is 0. The minimum atomic E-state index is -0.333. The fraction of sp³-hybridized carbons (Fsp3) is 0. The van der Waals surface area contributed by atoms with Gasteiger partial charge in [0.25, 0.3) is 5.69 Å². The third kappa shape index (κ3) is 6.93. The summed E-state index contributed by atoms with van der Waals surface area (Å²) in [6.45, 7) is 0. The van der Waals surface area contributed by atoms with Crippen molar-refractivity contribution in [3.8, 4) is 44.5 Å². The zero-order valence-electron chi connectivity index (χ0n) is 36.5. The van der Waals surface area contributed by atoms with Crippen LogP contribution in [0.1, 0.15) is 22.8 Å². The zero-order chi connectivity index (χ0) is 44.6. The molecule has 0 spiro atoms. The maximum atomic E-state index is 13.4. The van der Waals surface area contributed by atoms with E-state index in [1.165, 1.54) is 0 Å². The summed E-state index contributed by atoms with van der Waals surface area (Å²) in [4.78, 5) is 34.8. The van der Waals surface area contributed by atoms with Crippen LogP contribution in [-0.2, 0) is 19.5 Å². The molecule has 13 rings (SSSR count). The van der Waals surface area contributed by atoms with Gasteiger partial charge in [0.1, 0.15) is 0 Å². The molecule has 0 fully saturated rings. The number of benzene rings is 8. The van der Waals surface area contributed by atoms with Crippen molar-refractivity contribution in [2.45, 2.75) is 0 Å². The van der Waals surface area contributed by atoms with Gasteiger partial charge in [-0.2, -0.15) is 0 Å². The molecule has 0 saturated heterocycles. The van der Waals surface area contributed by atoms with E-state index in [2.05, 4.69) is 115 Å². The summed E-state index contributed by atoms with van der Waals surface area (Å²) < 4.78 is 0. The largest absolute Gasteiger partial charge is 2.00 e. The van der Waals surface area contributed by atoms with E-state index in [1.54, 1.807) is 6.07 Å². The van der Waals surface area contributed by atoms with Crippen molar-refractivity contribution in [1.29, 1.82) is 0 Å². The van der Waals surface area contributed by atoms with Gasteiger partial charge in [0.05, 0.1) is 27.7 Å². The maximum absolute atomic E-state index is 13.4. The van der Waals surface area contributed by atoms with Crippen LogP contribution in [0.4, 0.5) is 5.69 Å². The maximum Gasteiger partial charge on any atom is 2.00 e. The van der Waals surface area contributed by atoms with Gasteiger partial charge in [-0.25, -0.2) is 9.97 Å². The Balaban J connectivity index is 0.00000480. The van der Waals surface area contributed by atoms with Crippen LogP contribution in [0.25, 0.3) is 134 Å². The molecule has 8 bridgehead atoms. The molecule has 0 aliphatic carbocycles. The average Bonchev–Trinajstić information content (AvgIpc) is 4.22. The van der Waals surface area contributed by atoms with Crippen LogP contribution >= 0.6 is 0 Å². The predicted molar refractivity (Wildman–Crippen MR) is 275 cm³/mol. The Morgan fingerprint density at radius 1 is 0.353 bits per heavy atom. The number of fused-ring (bicyclic) bond motifs is 12. The van der Waals surface area contributed by atoms with Gasteiger partial charge < -0.3 is 9.97 Å². The summed E-state index contributed by atoms with van der Waals surface area (Å²) in [5.41, 5.74) is 11.0. The molecule has 5 heterocycles. The second-order valence-electron chi connectivity index (χ2n) is 17.0. The second kappa shape index (κ2) is 16.4. The molecule has 7 nitrogen and oxygen atoms in total. The van der Waals surface area contributed by atoms with E-state index in [0.717, 1.165) is 87.5 Å². The van der Waals surface area contributed by atoms with Crippen molar-refractivity contribution in [3.05, 3.63) is 221 Å². The molecular formula is C60H35N5O2Zn. The van der Waals surface area contributed by atoms with Crippen molar-refractivity contribution in [2.24, 2.45) is 0 Å². The van der Waals surface area contributed by atoms with Gasteiger partial charge in [-0.05, 0) is 142 Å². The first-order valence-corrected chi connectivity index (χ1v) is 22.2. The molecule has 0 radical (unpaired) electrons. The fourth-order valence-electron chi connectivity index (χ4n) is 9.85. The Morgan fingerprint density at radius 3 is 1.04 bits per heavy atom. The minimum absolute atomic E-state index is 0. The van der Waals surface area contributed by atoms with E-state index in [-0.39, 0.29) is 35.6 Å². The molecular weight excluding hydrogens is 888 g/mol. The predicted octanol–water partition coefficient (Wildman–Crippen LogP) is 15.1. The molecule has 68 heavy (non-hydrogen) atoms. The number of nitro groups is 1. The summed E-state index contributed by atoms with van der Waals surface area (Å²) in [5, 5.41) is 22.0. The number of nitrogens with zero attached hydrogens (tertiary/aromatic N) is 5. The molecule has 0 saturated carbocycles. The van der Waals surface area contributed by atoms with Crippen LogP contribution in [0.5, 0.6) is 0 Å². The van der Waals surface area contributed by atoms with Crippen LogP contribution in [-0.4, -0.2) is 14.9 Å². The van der Waals surface area contributed by atoms with Crippen molar-refractivity contribution in [2.75, 3.05) is 0 Å². The van der Waals surface area contributed by atoms with Gasteiger partial charge in [-0.3, -0.25) is 10.1 Å². The van der Waals surface area contributed by atoms with E-state index in [4.69, 9.17) is 19.9 Å². The number of rotatable bonds is 5. The van der Waals surface area contributed by atoms with E-state index in [9.17, 15) is 10.1 Å². The molecule has 3 aromatic heterocycles. The Bertz CT molecular complexity index is 4160. The van der Waals surface area contributed by atoms with Crippen LogP contribution in [0, 0.1) is 10.1 Å². The van der Waals surface area contributed by atoms with Crippen molar-refractivity contribution >= 4 is 95.1 Å². The van der Waals surface area contributed by atoms with Gasteiger partial charge in [0.2, 0.25) is 0 Å². The third-order valence-corrected chi connectivity index (χ3v) is 13.0. The smallest absolute Gasteiger partial charge is 0.657 e. The van der Waals surface area contributed by atoms with E-state index >= 15 is 0 Å². The molecule has 11 aromatic rings. The van der Waals surface area contributed by atoms with Crippen molar-refractivity contribution in [1.82, 2.24) is 19.9 Å². The minimum Gasteiger partial charge on any atom is -0.657 e. The Morgan fingerprint density at radius 2 is 0.676 bits per heavy atom. The molecule has 0 N–H and O–H groups in total. The first-order valence-electron chi connectivity index (χ1n) is 22.2. The summed E-state index contributed by atoms with van der Waals surface area (Å²) in [6.07, 6.45) is 7.96. The second-order valence-corrected chi connectivity index (χ2v) is 17.0. The number of hydrogen-bond acceptors (Lipinski definition) is 4. The molecule has 0 atom stereocenters. The van der Waals surface area contributed by atoms with Gasteiger partial charge in [-0.1, -0.05) is 158 Å². The molecule has 2 aliphatic heterocycles. The van der Waals surface area contributed by atoms with Gasteiger partial charge in [0.15, 0.2) is 0 Å². The van der Waals surface area contributed by atoms with E-state index < -0.39 is 0 Å². The van der Waals surface area contributed by atoms with Gasteiger partial charge in [-0.15, -0.1) is 16.6 Å². The normalized spacial score (nSPS) is 12.0. The third-order valence-electron chi connectivity index (χ3n) is 13.0. The first-order chi connectivity index (χ1) is 33.0. The van der Waals surface area contributed by atoms with Crippen LogP contribution < -0.4 is 9.97 Å². The quantitative estimate of drug-likeness (QED) is 0.0969. The molecule has 314 valence electrons. The average molecular weight is 923 g/mol. The van der Waals surface area contributed by atoms with E-state index in [1.807, 2.05) is 91.0 Å². The Labute approximate surface area is 402 Å². The molecule has 0 amide bonds.